The van der Waals surface area contributed by atoms with Crippen LogP contribution in [0.15, 0.2) is 12.3 Å². The molecular formula is C10H17N4O+. The zero-order valence-electron chi connectivity index (χ0n) is 9.23. The summed E-state index contributed by atoms with van der Waals surface area (Å²) in [7, 11) is 3.61. The molecule has 5 nitrogen and oxygen atoms in total. The normalized spacial score (nSPS) is 16.5. The van der Waals surface area contributed by atoms with Crippen molar-refractivity contribution in [2.75, 3.05) is 38.2 Å². The van der Waals surface area contributed by atoms with Crippen molar-refractivity contribution in [1.82, 2.24) is 10.4 Å². The van der Waals surface area contributed by atoms with Gasteiger partial charge in [-0.25, -0.2) is 0 Å². The highest BCUT2D eigenvalue weighted by atomic mass is 16.5. The molecule has 2 rings (SSSR count). The molecule has 1 saturated heterocycles. The molecule has 82 valence electrons. The zero-order chi connectivity index (χ0) is 10.7. The van der Waals surface area contributed by atoms with Gasteiger partial charge in [0.25, 0.3) is 0 Å². The number of piperazine rings is 1. The summed E-state index contributed by atoms with van der Waals surface area (Å²) in [5.41, 5.74) is 0. The fourth-order valence-electron chi connectivity index (χ4n) is 1.74. The summed E-state index contributed by atoms with van der Waals surface area (Å²) in [4.78, 5) is 2.25. The Kier molecular flexibility index (Phi) is 3.01. The van der Waals surface area contributed by atoms with E-state index in [4.69, 9.17) is 4.74 Å². The predicted molar refractivity (Wildman–Crippen MR) is 57.0 cm³/mol. The van der Waals surface area contributed by atoms with Crippen LogP contribution in [0.4, 0.5) is 5.82 Å². The highest BCUT2D eigenvalue weighted by Crippen LogP contribution is 2.23. The van der Waals surface area contributed by atoms with Gasteiger partial charge in [0.05, 0.1) is 13.2 Å². The lowest BCUT2D eigenvalue weighted by molar-refractivity contribution is -0.729. The van der Waals surface area contributed by atoms with E-state index in [1.54, 1.807) is 11.8 Å². The highest BCUT2D eigenvalue weighted by Gasteiger charge is 2.19. The number of hydrogen-bond acceptors (Lipinski definition) is 4. The van der Waals surface area contributed by atoms with Gasteiger partial charge in [0.1, 0.15) is 0 Å². The molecule has 1 aliphatic heterocycles. The van der Waals surface area contributed by atoms with Crippen LogP contribution in [-0.4, -0.2) is 38.4 Å². The molecule has 1 aromatic rings. The summed E-state index contributed by atoms with van der Waals surface area (Å²) in [5, 5.41) is 7.78. The molecule has 0 atom stereocenters. The van der Waals surface area contributed by atoms with Crippen molar-refractivity contribution >= 4 is 5.82 Å². The van der Waals surface area contributed by atoms with Crippen molar-refractivity contribution in [3.63, 3.8) is 0 Å². The third-order valence-electron chi connectivity index (χ3n) is 2.55. The van der Waals surface area contributed by atoms with Crippen molar-refractivity contribution in [2.45, 2.75) is 0 Å². The molecule has 5 heteroatoms. The van der Waals surface area contributed by atoms with Gasteiger partial charge in [0.15, 0.2) is 19.0 Å². The third kappa shape index (κ3) is 2.18. The molecule has 0 aromatic carbocycles. The molecule has 0 radical (unpaired) electrons. The second kappa shape index (κ2) is 4.44. The van der Waals surface area contributed by atoms with E-state index in [2.05, 4.69) is 15.3 Å². The van der Waals surface area contributed by atoms with E-state index >= 15 is 0 Å². The number of nitrogens with zero attached hydrogens (tertiary/aromatic N) is 3. The van der Waals surface area contributed by atoms with E-state index in [0.29, 0.717) is 0 Å². The molecule has 1 fully saturated rings. The molecule has 1 N–H and O–H groups in total. The lowest BCUT2D eigenvalue weighted by atomic mass is 10.3. The Morgan fingerprint density at radius 3 is 2.87 bits per heavy atom. The number of methoxy groups -OCH3 is 1. The van der Waals surface area contributed by atoms with Crippen LogP contribution >= 0.6 is 0 Å². The minimum atomic E-state index is 0.843. The van der Waals surface area contributed by atoms with Crippen molar-refractivity contribution in [1.29, 1.82) is 0 Å². The topological polar surface area (TPSA) is 41.3 Å². The molecule has 0 unspecified atom stereocenters. The predicted octanol–water partition coefficient (Wildman–Crippen LogP) is -0.676. The quantitative estimate of drug-likeness (QED) is 0.656. The lowest BCUT2D eigenvalue weighted by Crippen LogP contribution is -2.45. The molecule has 2 heterocycles. The smallest absolute Gasteiger partial charge is 0.239 e. The first-order chi connectivity index (χ1) is 7.31. The van der Waals surface area contributed by atoms with Gasteiger partial charge in [-0.3, -0.25) is 0 Å². The van der Waals surface area contributed by atoms with Crippen LogP contribution in [0, 0.1) is 0 Å². The molecule has 1 aromatic heterocycles. The van der Waals surface area contributed by atoms with E-state index < -0.39 is 0 Å². The minimum absolute atomic E-state index is 0.843. The Labute approximate surface area is 89.7 Å². The van der Waals surface area contributed by atoms with Gasteiger partial charge < -0.3 is 15.0 Å². The van der Waals surface area contributed by atoms with Crippen molar-refractivity contribution in [3.8, 4) is 5.75 Å². The Bertz CT molecular complexity index is 336. The van der Waals surface area contributed by atoms with E-state index in [-0.39, 0.29) is 0 Å². The van der Waals surface area contributed by atoms with Crippen LogP contribution in [-0.2, 0) is 7.05 Å². The summed E-state index contributed by atoms with van der Waals surface area (Å²) in [6.45, 7) is 3.97. The average molecular weight is 209 g/mol. The SMILES string of the molecule is COc1cc[n+](C)nc1N1CCNCC1. The highest BCUT2D eigenvalue weighted by molar-refractivity contribution is 5.50. The van der Waals surface area contributed by atoms with Gasteiger partial charge in [0.2, 0.25) is 5.82 Å². The van der Waals surface area contributed by atoms with Gasteiger partial charge in [-0.2, -0.15) is 0 Å². The zero-order valence-corrected chi connectivity index (χ0v) is 9.23. The molecule has 15 heavy (non-hydrogen) atoms. The summed E-state index contributed by atoms with van der Waals surface area (Å²) in [6.07, 6.45) is 1.89. The molecule has 1 aliphatic rings. The maximum absolute atomic E-state index is 5.32. The summed E-state index contributed by atoms with van der Waals surface area (Å²) in [5.74, 6) is 1.78. The fraction of sp³-hybridized carbons (Fsp3) is 0.600. The number of aromatic nitrogens is 2. The average Bonchev–Trinajstić information content (AvgIpc) is 2.30. The summed E-state index contributed by atoms with van der Waals surface area (Å²) < 4.78 is 7.12. The van der Waals surface area contributed by atoms with Gasteiger partial charge >= 0.3 is 0 Å². The Balaban J connectivity index is 2.27. The van der Waals surface area contributed by atoms with Crippen LogP contribution in [0.1, 0.15) is 0 Å². The van der Waals surface area contributed by atoms with Gasteiger partial charge in [-0.1, -0.05) is 4.68 Å². The number of aryl methyl sites for hydroxylation is 1. The number of ether oxygens (including phenoxy) is 1. The minimum Gasteiger partial charge on any atom is -0.492 e. The molecule has 0 saturated carbocycles. The molecule has 0 bridgehead atoms. The fourth-order valence-corrected chi connectivity index (χ4v) is 1.74. The van der Waals surface area contributed by atoms with E-state index in [0.717, 1.165) is 37.7 Å². The van der Waals surface area contributed by atoms with Crippen LogP contribution in [0.5, 0.6) is 5.75 Å². The van der Waals surface area contributed by atoms with Crippen LogP contribution in [0.2, 0.25) is 0 Å². The molecule has 0 spiro atoms. The monoisotopic (exact) mass is 209 g/mol. The van der Waals surface area contributed by atoms with Gasteiger partial charge in [-0.05, 0) is 0 Å². The molecule has 0 amide bonds. The first-order valence-electron chi connectivity index (χ1n) is 5.18. The lowest BCUT2D eigenvalue weighted by Gasteiger charge is -2.27. The number of nitrogens with one attached hydrogen (secondary N) is 1. The second-order valence-electron chi connectivity index (χ2n) is 3.62. The Morgan fingerprint density at radius 2 is 2.20 bits per heavy atom. The maximum Gasteiger partial charge on any atom is 0.239 e. The van der Waals surface area contributed by atoms with E-state index in [1.165, 1.54) is 0 Å². The maximum atomic E-state index is 5.32. The van der Waals surface area contributed by atoms with E-state index in [1.807, 2.05) is 19.3 Å². The Morgan fingerprint density at radius 1 is 1.47 bits per heavy atom. The van der Waals surface area contributed by atoms with Crippen molar-refractivity contribution in [2.24, 2.45) is 7.05 Å². The Hall–Kier alpha value is -1.36. The largest absolute Gasteiger partial charge is 0.492 e. The summed E-state index contributed by atoms with van der Waals surface area (Å²) in [6, 6.07) is 1.95. The number of rotatable bonds is 2. The summed E-state index contributed by atoms with van der Waals surface area (Å²) >= 11 is 0. The van der Waals surface area contributed by atoms with Gasteiger partial charge in [-0.15, -0.1) is 0 Å². The third-order valence-corrected chi connectivity index (χ3v) is 2.55. The first-order valence-corrected chi connectivity index (χ1v) is 5.18. The van der Waals surface area contributed by atoms with Crippen LogP contribution in [0.3, 0.4) is 0 Å². The van der Waals surface area contributed by atoms with Crippen molar-refractivity contribution in [3.05, 3.63) is 12.3 Å². The second-order valence-corrected chi connectivity index (χ2v) is 3.62. The van der Waals surface area contributed by atoms with Gasteiger partial charge in [0, 0.05) is 31.3 Å². The first kappa shape index (κ1) is 10.2. The number of hydrogen-bond donors (Lipinski definition) is 1. The van der Waals surface area contributed by atoms with E-state index in [9.17, 15) is 0 Å². The van der Waals surface area contributed by atoms with Crippen molar-refractivity contribution < 1.29 is 9.42 Å². The van der Waals surface area contributed by atoms with Crippen LogP contribution in [0.25, 0.3) is 0 Å². The standard InChI is InChI=1S/C10H17N4O/c1-13-6-3-9(15-2)10(12-13)14-7-4-11-5-8-14/h3,6,11H,4-5,7-8H2,1-2H3/q+1. The van der Waals surface area contributed by atoms with Crippen LogP contribution < -0.4 is 19.6 Å². The number of anilines is 1. The molecular weight excluding hydrogens is 192 g/mol. The molecule has 0 aliphatic carbocycles.